The van der Waals surface area contributed by atoms with E-state index in [4.69, 9.17) is 5.73 Å². The van der Waals surface area contributed by atoms with Gasteiger partial charge in [0.05, 0.1) is 5.69 Å². The molecule has 2 N–H and O–H groups in total. The van der Waals surface area contributed by atoms with Gasteiger partial charge in [0.15, 0.2) is 0 Å². The van der Waals surface area contributed by atoms with Crippen molar-refractivity contribution in [1.82, 2.24) is 9.97 Å². The monoisotopic (exact) mass is 229 g/mol. The number of alkyl halides is 3. The van der Waals surface area contributed by atoms with Crippen LogP contribution in [0.1, 0.15) is 18.5 Å². The van der Waals surface area contributed by atoms with E-state index >= 15 is 0 Å². The molecule has 0 saturated heterocycles. The minimum atomic E-state index is -4.29. The maximum Gasteiger partial charge on any atom is 0.413 e. The normalized spacial score (nSPS) is 17.6. The summed E-state index contributed by atoms with van der Waals surface area (Å²) in [6.07, 6.45) is -0.906. The van der Waals surface area contributed by atoms with E-state index in [9.17, 15) is 13.2 Å². The Hall–Kier alpha value is -1.59. The van der Waals surface area contributed by atoms with Gasteiger partial charge in [-0.2, -0.15) is 13.2 Å². The fraction of sp³-hybridized carbons (Fsp3) is 0.400. The van der Waals surface area contributed by atoms with Gasteiger partial charge in [-0.1, -0.05) is 0 Å². The highest BCUT2D eigenvalue weighted by molar-refractivity contribution is 5.54. The fourth-order valence-corrected chi connectivity index (χ4v) is 1.45. The van der Waals surface area contributed by atoms with Crippen molar-refractivity contribution in [3.8, 4) is 0 Å². The molecule has 2 rings (SSSR count). The summed E-state index contributed by atoms with van der Waals surface area (Å²) in [5.74, 6) is -0.213. The molecule has 1 aliphatic rings. The van der Waals surface area contributed by atoms with E-state index in [0.29, 0.717) is 12.8 Å². The standard InChI is InChI=1S/C10H10F3N3/c11-10(12,13)8(6-1-2-6)3-7-4-9(14)16-5-15-7/h3-6H,1-2H2,(H2,14,15,16)/b8-3-. The molecule has 1 heterocycles. The smallest absolute Gasteiger partial charge is 0.384 e. The lowest BCUT2D eigenvalue weighted by molar-refractivity contribution is -0.0944. The van der Waals surface area contributed by atoms with Crippen LogP contribution in [0.3, 0.4) is 0 Å². The zero-order valence-electron chi connectivity index (χ0n) is 8.33. The van der Waals surface area contributed by atoms with Crippen molar-refractivity contribution in [2.24, 2.45) is 5.92 Å². The van der Waals surface area contributed by atoms with E-state index in [1.165, 1.54) is 6.07 Å². The summed E-state index contributed by atoms with van der Waals surface area (Å²) in [5, 5.41) is 0. The first kappa shape index (κ1) is 10.9. The van der Waals surface area contributed by atoms with Crippen LogP contribution in [-0.4, -0.2) is 16.1 Å². The number of halogens is 3. The predicted octanol–water partition coefficient (Wildman–Crippen LogP) is 2.41. The van der Waals surface area contributed by atoms with Crippen molar-refractivity contribution in [2.45, 2.75) is 19.0 Å². The molecule has 0 spiro atoms. The summed E-state index contributed by atoms with van der Waals surface area (Å²) in [4.78, 5) is 7.36. The van der Waals surface area contributed by atoms with Crippen LogP contribution in [0.15, 0.2) is 18.0 Å². The van der Waals surface area contributed by atoms with Gasteiger partial charge in [-0.3, -0.25) is 0 Å². The average Bonchev–Trinajstić information content (AvgIpc) is 2.95. The zero-order chi connectivity index (χ0) is 11.8. The van der Waals surface area contributed by atoms with Crippen LogP contribution in [0.4, 0.5) is 19.0 Å². The molecule has 1 fully saturated rings. The second kappa shape index (κ2) is 3.77. The number of hydrogen-bond donors (Lipinski definition) is 1. The van der Waals surface area contributed by atoms with Gasteiger partial charge in [0.1, 0.15) is 12.1 Å². The van der Waals surface area contributed by atoms with Gasteiger partial charge >= 0.3 is 6.18 Å². The van der Waals surface area contributed by atoms with E-state index < -0.39 is 11.7 Å². The Morgan fingerprint density at radius 2 is 2.06 bits per heavy atom. The number of nitrogen functional groups attached to an aromatic ring is 1. The average molecular weight is 229 g/mol. The fourth-order valence-electron chi connectivity index (χ4n) is 1.45. The number of hydrogen-bond acceptors (Lipinski definition) is 3. The lowest BCUT2D eigenvalue weighted by Gasteiger charge is -2.10. The summed E-state index contributed by atoms with van der Waals surface area (Å²) >= 11 is 0. The second-order valence-electron chi connectivity index (χ2n) is 3.74. The van der Waals surface area contributed by atoms with E-state index in [0.717, 1.165) is 12.4 Å². The molecule has 1 aromatic rings. The Kier molecular flexibility index (Phi) is 2.57. The van der Waals surface area contributed by atoms with Gasteiger partial charge in [0.25, 0.3) is 0 Å². The van der Waals surface area contributed by atoms with Gasteiger partial charge in [-0.15, -0.1) is 0 Å². The number of aromatic nitrogens is 2. The topological polar surface area (TPSA) is 51.8 Å². The van der Waals surface area contributed by atoms with Crippen LogP contribution in [0.2, 0.25) is 0 Å². The maximum atomic E-state index is 12.7. The van der Waals surface area contributed by atoms with Gasteiger partial charge in [-0.05, 0) is 24.8 Å². The SMILES string of the molecule is Nc1cc(/C=C(/C2CC2)C(F)(F)F)ncn1. The van der Waals surface area contributed by atoms with Gasteiger partial charge in [-0.25, -0.2) is 9.97 Å². The quantitative estimate of drug-likeness (QED) is 0.847. The minimum absolute atomic E-state index is 0.165. The molecule has 1 saturated carbocycles. The van der Waals surface area contributed by atoms with Crippen LogP contribution >= 0.6 is 0 Å². The van der Waals surface area contributed by atoms with Crippen molar-refractivity contribution < 1.29 is 13.2 Å². The Labute approximate surface area is 90.2 Å². The molecule has 16 heavy (non-hydrogen) atoms. The third-order valence-electron chi connectivity index (χ3n) is 2.36. The van der Waals surface area contributed by atoms with Crippen molar-refractivity contribution in [3.05, 3.63) is 23.7 Å². The Bertz CT molecular complexity index is 422. The number of anilines is 1. The largest absolute Gasteiger partial charge is 0.413 e. The molecule has 0 atom stereocenters. The lowest BCUT2D eigenvalue weighted by atomic mass is 10.1. The molecule has 1 aromatic heterocycles. The Morgan fingerprint density at radius 1 is 1.38 bits per heavy atom. The Morgan fingerprint density at radius 3 is 2.56 bits per heavy atom. The molecule has 0 radical (unpaired) electrons. The minimum Gasteiger partial charge on any atom is -0.384 e. The molecular formula is C10H10F3N3. The predicted molar refractivity (Wildman–Crippen MR) is 53.2 cm³/mol. The van der Waals surface area contributed by atoms with Crippen LogP contribution in [0.25, 0.3) is 6.08 Å². The van der Waals surface area contributed by atoms with Crippen molar-refractivity contribution in [2.75, 3.05) is 5.73 Å². The van der Waals surface area contributed by atoms with Crippen molar-refractivity contribution in [3.63, 3.8) is 0 Å². The molecule has 3 nitrogen and oxygen atoms in total. The van der Waals surface area contributed by atoms with E-state index in [1.54, 1.807) is 0 Å². The first-order valence-electron chi connectivity index (χ1n) is 4.83. The number of allylic oxidation sites excluding steroid dienone is 1. The second-order valence-corrected chi connectivity index (χ2v) is 3.74. The summed E-state index contributed by atoms with van der Waals surface area (Å²) < 4.78 is 38.0. The van der Waals surface area contributed by atoms with Crippen LogP contribution in [0.5, 0.6) is 0 Å². The van der Waals surface area contributed by atoms with Crippen LogP contribution in [-0.2, 0) is 0 Å². The molecule has 0 amide bonds. The highest BCUT2D eigenvalue weighted by Crippen LogP contribution is 2.45. The third-order valence-corrected chi connectivity index (χ3v) is 2.36. The highest BCUT2D eigenvalue weighted by atomic mass is 19.4. The molecular weight excluding hydrogens is 219 g/mol. The van der Waals surface area contributed by atoms with Crippen LogP contribution in [0, 0.1) is 5.92 Å². The molecule has 0 bridgehead atoms. The maximum absolute atomic E-state index is 12.7. The molecule has 1 aliphatic carbocycles. The molecule has 0 aromatic carbocycles. The Balaban J connectivity index is 2.32. The molecule has 86 valence electrons. The highest BCUT2D eigenvalue weighted by Gasteiger charge is 2.43. The first-order valence-corrected chi connectivity index (χ1v) is 4.83. The zero-order valence-corrected chi connectivity index (χ0v) is 8.33. The summed E-state index contributed by atoms with van der Waals surface area (Å²) in [6.45, 7) is 0. The van der Waals surface area contributed by atoms with E-state index in [1.807, 2.05) is 0 Å². The van der Waals surface area contributed by atoms with E-state index in [-0.39, 0.29) is 17.4 Å². The molecule has 0 aliphatic heterocycles. The first-order chi connectivity index (χ1) is 7.47. The number of nitrogens with zero attached hydrogens (tertiary/aromatic N) is 2. The van der Waals surface area contributed by atoms with Gasteiger partial charge < -0.3 is 5.73 Å². The number of nitrogens with two attached hydrogens (primary N) is 1. The number of rotatable bonds is 2. The van der Waals surface area contributed by atoms with Gasteiger partial charge in [0, 0.05) is 11.6 Å². The van der Waals surface area contributed by atoms with Crippen molar-refractivity contribution >= 4 is 11.9 Å². The summed E-state index contributed by atoms with van der Waals surface area (Å²) in [7, 11) is 0. The third kappa shape index (κ3) is 2.50. The lowest BCUT2D eigenvalue weighted by Crippen LogP contribution is -2.13. The summed E-state index contributed by atoms with van der Waals surface area (Å²) in [6, 6.07) is 1.33. The van der Waals surface area contributed by atoms with Gasteiger partial charge in [0.2, 0.25) is 0 Å². The van der Waals surface area contributed by atoms with Crippen molar-refractivity contribution in [1.29, 1.82) is 0 Å². The molecule has 0 unspecified atom stereocenters. The van der Waals surface area contributed by atoms with Crippen LogP contribution < -0.4 is 5.73 Å². The summed E-state index contributed by atoms with van der Waals surface area (Å²) in [5.41, 5.74) is 5.05. The van der Waals surface area contributed by atoms with E-state index in [2.05, 4.69) is 9.97 Å². The molecule has 6 heteroatoms.